The van der Waals surface area contributed by atoms with E-state index in [0.717, 1.165) is 0 Å². The summed E-state index contributed by atoms with van der Waals surface area (Å²) in [4.78, 5) is 26.0. The molecule has 0 bridgehead atoms. The van der Waals surface area contributed by atoms with E-state index >= 15 is 0 Å². The molecule has 2 aromatic rings. The number of likely N-dealkylation sites (N-methyl/N-ethyl adjacent to an activating group) is 1. The Morgan fingerprint density at radius 1 is 1.36 bits per heavy atom. The van der Waals surface area contributed by atoms with Crippen LogP contribution in [0.1, 0.15) is 16.1 Å². The molecule has 0 radical (unpaired) electrons. The monoisotopic (exact) mass is 301 g/mol. The van der Waals surface area contributed by atoms with Crippen molar-refractivity contribution in [2.24, 2.45) is 0 Å². The first kappa shape index (κ1) is 14.3. The molecule has 5 nitrogen and oxygen atoms in total. The summed E-state index contributed by atoms with van der Waals surface area (Å²) in [7, 11) is 1.60. The van der Waals surface area contributed by atoms with Crippen molar-refractivity contribution in [2.75, 3.05) is 12.4 Å². The molecule has 1 aromatic carbocycles. The molecule has 0 fully saturated rings. The average molecular weight is 301 g/mol. The number of fused-ring (bicyclic) bond motifs is 1. The number of carbonyl (C=O) groups excluding carboxylic acids is 2. The van der Waals surface area contributed by atoms with Crippen LogP contribution < -0.4 is 5.32 Å². The highest BCUT2D eigenvalue weighted by Gasteiger charge is 2.34. The van der Waals surface area contributed by atoms with Crippen molar-refractivity contribution >= 4 is 17.5 Å². The lowest BCUT2D eigenvalue weighted by Gasteiger charge is -2.32. The van der Waals surface area contributed by atoms with Gasteiger partial charge in [0.1, 0.15) is 17.6 Å². The molecule has 114 valence electrons. The summed E-state index contributed by atoms with van der Waals surface area (Å²) < 4.78 is 15.3. The molecule has 0 aliphatic carbocycles. The minimum atomic E-state index is -0.628. The second-order valence-corrected chi connectivity index (χ2v) is 5.43. The molecule has 2 amide bonds. The van der Waals surface area contributed by atoms with Crippen LogP contribution in [-0.2, 0) is 11.3 Å². The fourth-order valence-electron chi connectivity index (χ4n) is 2.55. The van der Waals surface area contributed by atoms with Gasteiger partial charge in [0.25, 0.3) is 5.91 Å². The normalized spacial score (nSPS) is 17.3. The summed E-state index contributed by atoms with van der Waals surface area (Å²) in [5, 5.41) is 2.67. The highest BCUT2D eigenvalue weighted by Crippen LogP contribution is 2.19. The molecule has 1 N–H and O–H groups in total. The molecule has 3 rings (SSSR count). The Balaban J connectivity index is 1.80. The SMILES string of the molecule is Cc1ccc(NC(=O)C2Cn3cccc3C(=O)N2C)cc1F. The van der Waals surface area contributed by atoms with Crippen LogP contribution in [0.5, 0.6) is 0 Å². The molecular weight excluding hydrogens is 285 g/mol. The third kappa shape index (κ3) is 2.36. The van der Waals surface area contributed by atoms with Crippen LogP contribution in [0.4, 0.5) is 10.1 Å². The number of nitrogens with one attached hydrogen (secondary N) is 1. The third-order valence-corrected chi connectivity index (χ3v) is 3.95. The Morgan fingerprint density at radius 3 is 2.86 bits per heavy atom. The molecular formula is C16H16FN3O2. The molecule has 1 aliphatic heterocycles. The fraction of sp³-hybridized carbons (Fsp3) is 0.250. The first-order chi connectivity index (χ1) is 10.5. The van der Waals surface area contributed by atoms with Gasteiger partial charge in [0.15, 0.2) is 0 Å². The molecule has 1 aliphatic rings. The van der Waals surface area contributed by atoms with Crippen LogP contribution in [0.3, 0.4) is 0 Å². The number of carbonyl (C=O) groups is 2. The van der Waals surface area contributed by atoms with E-state index in [4.69, 9.17) is 0 Å². The number of halogens is 1. The van der Waals surface area contributed by atoms with Crippen LogP contribution >= 0.6 is 0 Å². The molecule has 22 heavy (non-hydrogen) atoms. The van der Waals surface area contributed by atoms with E-state index in [1.165, 1.54) is 11.0 Å². The number of hydrogen-bond donors (Lipinski definition) is 1. The second-order valence-electron chi connectivity index (χ2n) is 5.43. The van der Waals surface area contributed by atoms with E-state index in [1.807, 2.05) is 0 Å². The number of benzene rings is 1. The summed E-state index contributed by atoms with van der Waals surface area (Å²) in [6.45, 7) is 2.03. The maximum Gasteiger partial charge on any atom is 0.270 e. The summed E-state index contributed by atoms with van der Waals surface area (Å²) in [5.74, 6) is -0.913. The van der Waals surface area contributed by atoms with Crippen molar-refractivity contribution in [3.05, 3.63) is 53.6 Å². The fourth-order valence-corrected chi connectivity index (χ4v) is 2.55. The molecule has 1 aromatic heterocycles. The predicted molar refractivity (Wildman–Crippen MR) is 80.1 cm³/mol. The second kappa shape index (κ2) is 5.29. The quantitative estimate of drug-likeness (QED) is 0.923. The zero-order valence-electron chi connectivity index (χ0n) is 12.3. The van der Waals surface area contributed by atoms with Crippen LogP contribution in [0.2, 0.25) is 0 Å². The van der Waals surface area contributed by atoms with Crippen molar-refractivity contribution < 1.29 is 14.0 Å². The minimum absolute atomic E-state index is 0.202. The molecule has 1 unspecified atom stereocenters. The Morgan fingerprint density at radius 2 is 2.14 bits per heavy atom. The lowest BCUT2D eigenvalue weighted by atomic mass is 10.1. The molecule has 1 atom stereocenters. The zero-order valence-corrected chi connectivity index (χ0v) is 12.3. The number of hydrogen-bond acceptors (Lipinski definition) is 2. The van der Waals surface area contributed by atoms with Gasteiger partial charge in [-0.2, -0.15) is 0 Å². The first-order valence-corrected chi connectivity index (χ1v) is 6.96. The maximum atomic E-state index is 13.5. The summed E-state index contributed by atoms with van der Waals surface area (Å²) in [6, 6.07) is 7.39. The topological polar surface area (TPSA) is 54.3 Å². The summed E-state index contributed by atoms with van der Waals surface area (Å²) >= 11 is 0. The lowest BCUT2D eigenvalue weighted by molar-refractivity contribution is -0.120. The molecule has 6 heteroatoms. The van der Waals surface area contributed by atoms with Crippen molar-refractivity contribution in [1.29, 1.82) is 0 Å². The largest absolute Gasteiger partial charge is 0.341 e. The van der Waals surface area contributed by atoms with Crippen LogP contribution in [0.25, 0.3) is 0 Å². The van der Waals surface area contributed by atoms with Gasteiger partial charge < -0.3 is 14.8 Å². The van der Waals surface area contributed by atoms with Gasteiger partial charge in [-0.25, -0.2) is 4.39 Å². The summed E-state index contributed by atoms with van der Waals surface area (Å²) in [6.07, 6.45) is 1.77. The zero-order chi connectivity index (χ0) is 15.9. The summed E-state index contributed by atoms with van der Waals surface area (Å²) in [5.41, 5.74) is 1.46. The van der Waals surface area contributed by atoms with Gasteiger partial charge in [-0.1, -0.05) is 6.07 Å². The number of amides is 2. The number of aromatic nitrogens is 1. The smallest absolute Gasteiger partial charge is 0.270 e. The minimum Gasteiger partial charge on any atom is -0.341 e. The molecule has 0 spiro atoms. The predicted octanol–water partition coefficient (Wildman–Crippen LogP) is 2.03. The van der Waals surface area contributed by atoms with Gasteiger partial charge >= 0.3 is 0 Å². The van der Waals surface area contributed by atoms with Crippen LogP contribution in [-0.4, -0.2) is 34.4 Å². The van der Waals surface area contributed by atoms with Crippen LogP contribution in [0, 0.1) is 12.7 Å². The van der Waals surface area contributed by atoms with E-state index in [-0.39, 0.29) is 17.6 Å². The Hall–Kier alpha value is -2.63. The first-order valence-electron chi connectivity index (χ1n) is 6.96. The van der Waals surface area contributed by atoms with Crippen molar-refractivity contribution in [2.45, 2.75) is 19.5 Å². The number of rotatable bonds is 2. The molecule has 0 saturated heterocycles. The Bertz CT molecular complexity index is 754. The van der Waals surface area contributed by atoms with Gasteiger partial charge in [-0.3, -0.25) is 9.59 Å². The van der Waals surface area contributed by atoms with Crippen molar-refractivity contribution in [1.82, 2.24) is 9.47 Å². The maximum absolute atomic E-state index is 13.5. The van der Waals surface area contributed by atoms with E-state index in [1.54, 1.807) is 49.0 Å². The van der Waals surface area contributed by atoms with Crippen molar-refractivity contribution in [3.8, 4) is 0 Å². The number of nitrogens with zero attached hydrogens (tertiary/aromatic N) is 2. The highest BCUT2D eigenvalue weighted by atomic mass is 19.1. The van der Waals surface area contributed by atoms with Gasteiger partial charge in [0.2, 0.25) is 5.91 Å². The van der Waals surface area contributed by atoms with Gasteiger partial charge in [-0.05, 0) is 36.8 Å². The van der Waals surface area contributed by atoms with Crippen molar-refractivity contribution in [3.63, 3.8) is 0 Å². The Kier molecular flexibility index (Phi) is 3.44. The average Bonchev–Trinajstić information content (AvgIpc) is 2.95. The van der Waals surface area contributed by atoms with Gasteiger partial charge in [-0.15, -0.1) is 0 Å². The van der Waals surface area contributed by atoms with Gasteiger partial charge in [0.05, 0.1) is 6.54 Å². The number of aryl methyl sites for hydroxylation is 1. The molecule has 0 saturated carbocycles. The van der Waals surface area contributed by atoms with E-state index in [2.05, 4.69) is 5.32 Å². The van der Waals surface area contributed by atoms with Crippen LogP contribution in [0.15, 0.2) is 36.5 Å². The lowest BCUT2D eigenvalue weighted by Crippen LogP contribution is -2.51. The third-order valence-electron chi connectivity index (χ3n) is 3.95. The van der Waals surface area contributed by atoms with Gasteiger partial charge in [0, 0.05) is 18.9 Å². The Labute approximate surface area is 127 Å². The highest BCUT2D eigenvalue weighted by molar-refractivity contribution is 6.01. The standard InChI is InChI=1S/C16H16FN3O2/c1-10-5-6-11(8-12(10)17)18-15(21)14-9-20-7-3-4-13(20)16(22)19(14)2/h3-8,14H,9H2,1-2H3,(H,18,21). The van der Waals surface area contributed by atoms with E-state index in [9.17, 15) is 14.0 Å². The molecule has 2 heterocycles. The van der Waals surface area contributed by atoms with E-state index in [0.29, 0.717) is 23.5 Å². The number of anilines is 1. The van der Waals surface area contributed by atoms with E-state index < -0.39 is 6.04 Å².